The highest BCUT2D eigenvalue weighted by Gasteiger charge is 2.03. The predicted octanol–water partition coefficient (Wildman–Crippen LogP) is 2.62. The van der Waals surface area contributed by atoms with Crippen molar-refractivity contribution < 1.29 is 0 Å². The lowest BCUT2D eigenvalue weighted by atomic mass is 9.99. The number of H-pyrrole nitrogens is 1. The van der Waals surface area contributed by atoms with Gasteiger partial charge in [-0.05, 0) is 36.6 Å². The van der Waals surface area contributed by atoms with Crippen LogP contribution in [0.5, 0.6) is 0 Å². The standard InChI is InChI=1S/C12H14N2/c1-9-4-3-5-10(2)12(9)8-11-6-7-13-14-11/h3-7H,8H2,1-2H3,(H,13,14). The molecule has 0 unspecified atom stereocenters. The van der Waals surface area contributed by atoms with Gasteiger partial charge in [0, 0.05) is 18.3 Å². The van der Waals surface area contributed by atoms with Gasteiger partial charge < -0.3 is 0 Å². The van der Waals surface area contributed by atoms with Crippen LogP contribution in [0.4, 0.5) is 0 Å². The Morgan fingerprint density at radius 2 is 1.86 bits per heavy atom. The summed E-state index contributed by atoms with van der Waals surface area (Å²) in [4.78, 5) is 0. The van der Waals surface area contributed by atoms with E-state index in [1.165, 1.54) is 22.4 Å². The molecule has 2 nitrogen and oxygen atoms in total. The van der Waals surface area contributed by atoms with Gasteiger partial charge in [-0.15, -0.1) is 0 Å². The maximum Gasteiger partial charge on any atom is 0.0490 e. The molecule has 0 saturated heterocycles. The van der Waals surface area contributed by atoms with Crippen molar-refractivity contribution in [3.05, 3.63) is 52.8 Å². The minimum absolute atomic E-state index is 0.943. The molecule has 2 rings (SSSR count). The lowest BCUT2D eigenvalue weighted by molar-refractivity contribution is 0.983. The molecule has 2 aromatic rings. The molecule has 0 spiro atoms. The van der Waals surface area contributed by atoms with E-state index in [4.69, 9.17) is 0 Å². The zero-order valence-electron chi connectivity index (χ0n) is 8.54. The van der Waals surface area contributed by atoms with E-state index in [2.05, 4.69) is 42.2 Å². The molecule has 1 aromatic carbocycles. The average Bonchev–Trinajstić information content (AvgIpc) is 2.64. The molecule has 2 heteroatoms. The van der Waals surface area contributed by atoms with Gasteiger partial charge in [0.1, 0.15) is 0 Å². The zero-order chi connectivity index (χ0) is 9.97. The summed E-state index contributed by atoms with van der Waals surface area (Å²) in [5.41, 5.74) is 5.26. The molecule has 0 radical (unpaired) electrons. The smallest absolute Gasteiger partial charge is 0.0490 e. The number of nitrogens with zero attached hydrogens (tertiary/aromatic N) is 1. The highest BCUT2D eigenvalue weighted by molar-refractivity contribution is 5.36. The summed E-state index contributed by atoms with van der Waals surface area (Å²) in [5.74, 6) is 0. The van der Waals surface area contributed by atoms with Crippen LogP contribution in [0.1, 0.15) is 22.4 Å². The van der Waals surface area contributed by atoms with E-state index >= 15 is 0 Å². The minimum atomic E-state index is 0.943. The summed E-state index contributed by atoms with van der Waals surface area (Å²) in [7, 11) is 0. The molecule has 1 aromatic heterocycles. The van der Waals surface area contributed by atoms with Gasteiger partial charge in [0.05, 0.1) is 0 Å². The molecule has 1 N–H and O–H groups in total. The van der Waals surface area contributed by atoms with Gasteiger partial charge in [-0.3, -0.25) is 5.10 Å². The Bertz CT molecular complexity index is 396. The third-order valence-corrected chi connectivity index (χ3v) is 2.57. The summed E-state index contributed by atoms with van der Waals surface area (Å²) in [6, 6.07) is 8.42. The topological polar surface area (TPSA) is 28.7 Å². The van der Waals surface area contributed by atoms with Crippen molar-refractivity contribution in [3.8, 4) is 0 Å². The number of nitrogens with one attached hydrogen (secondary N) is 1. The van der Waals surface area contributed by atoms with Gasteiger partial charge in [-0.25, -0.2) is 0 Å². The molecule has 1 heterocycles. The first kappa shape index (κ1) is 9.00. The van der Waals surface area contributed by atoms with Crippen LogP contribution in [0.25, 0.3) is 0 Å². The number of aromatic amines is 1. The molecule has 0 saturated carbocycles. The Labute approximate surface area is 84.0 Å². The Balaban J connectivity index is 2.33. The Morgan fingerprint density at radius 1 is 1.14 bits per heavy atom. The van der Waals surface area contributed by atoms with Crippen LogP contribution in [-0.4, -0.2) is 10.2 Å². The highest BCUT2D eigenvalue weighted by atomic mass is 15.1. The molecule has 0 atom stereocenters. The number of rotatable bonds is 2. The van der Waals surface area contributed by atoms with E-state index in [9.17, 15) is 0 Å². The first-order chi connectivity index (χ1) is 6.77. The summed E-state index contributed by atoms with van der Waals surface area (Å²) in [6.07, 6.45) is 2.74. The van der Waals surface area contributed by atoms with E-state index in [0.29, 0.717) is 0 Å². The molecular weight excluding hydrogens is 172 g/mol. The van der Waals surface area contributed by atoms with E-state index < -0.39 is 0 Å². The SMILES string of the molecule is Cc1cccc(C)c1Cc1ccn[nH]1. The van der Waals surface area contributed by atoms with E-state index in [0.717, 1.165) is 6.42 Å². The molecule has 0 aliphatic rings. The van der Waals surface area contributed by atoms with E-state index in [-0.39, 0.29) is 0 Å². The number of hydrogen-bond acceptors (Lipinski definition) is 1. The predicted molar refractivity (Wildman–Crippen MR) is 57.3 cm³/mol. The maximum atomic E-state index is 3.95. The van der Waals surface area contributed by atoms with Crippen LogP contribution < -0.4 is 0 Å². The van der Waals surface area contributed by atoms with Gasteiger partial charge >= 0.3 is 0 Å². The molecule has 0 amide bonds. The third kappa shape index (κ3) is 1.69. The second kappa shape index (κ2) is 3.66. The van der Waals surface area contributed by atoms with Crippen LogP contribution in [0.2, 0.25) is 0 Å². The van der Waals surface area contributed by atoms with Crippen LogP contribution in [-0.2, 0) is 6.42 Å². The average molecular weight is 186 g/mol. The minimum Gasteiger partial charge on any atom is -0.282 e. The number of hydrogen-bond donors (Lipinski definition) is 1. The monoisotopic (exact) mass is 186 g/mol. The van der Waals surface area contributed by atoms with E-state index in [1.807, 2.05) is 6.07 Å². The van der Waals surface area contributed by atoms with Crippen molar-refractivity contribution in [2.45, 2.75) is 20.3 Å². The van der Waals surface area contributed by atoms with Crippen molar-refractivity contribution in [1.29, 1.82) is 0 Å². The molecule has 0 fully saturated rings. The van der Waals surface area contributed by atoms with Gasteiger partial charge in [-0.1, -0.05) is 18.2 Å². The Kier molecular flexibility index (Phi) is 2.35. The van der Waals surface area contributed by atoms with Crippen LogP contribution in [0.15, 0.2) is 30.5 Å². The van der Waals surface area contributed by atoms with Crippen molar-refractivity contribution >= 4 is 0 Å². The van der Waals surface area contributed by atoms with Crippen LogP contribution in [0, 0.1) is 13.8 Å². The van der Waals surface area contributed by atoms with Crippen LogP contribution in [0.3, 0.4) is 0 Å². The third-order valence-electron chi connectivity index (χ3n) is 2.57. The molecule has 0 aliphatic heterocycles. The van der Waals surface area contributed by atoms with E-state index in [1.54, 1.807) is 6.20 Å². The fourth-order valence-electron chi connectivity index (χ4n) is 1.70. The van der Waals surface area contributed by atoms with Gasteiger partial charge in [0.25, 0.3) is 0 Å². The van der Waals surface area contributed by atoms with Gasteiger partial charge in [0.2, 0.25) is 0 Å². The second-order valence-electron chi connectivity index (χ2n) is 3.63. The summed E-state index contributed by atoms with van der Waals surface area (Å²) in [6.45, 7) is 4.30. The normalized spacial score (nSPS) is 10.4. The molecule has 14 heavy (non-hydrogen) atoms. The fraction of sp³-hybridized carbons (Fsp3) is 0.250. The van der Waals surface area contributed by atoms with Crippen molar-refractivity contribution in [3.63, 3.8) is 0 Å². The number of aryl methyl sites for hydroxylation is 2. The number of aromatic nitrogens is 2. The molecule has 72 valence electrons. The first-order valence-electron chi connectivity index (χ1n) is 4.80. The lowest BCUT2D eigenvalue weighted by Gasteiger charge is -2.07. The summed E-state index contributed by atoms with van der Waals surface area (Å²) < 4.78 is 0. The van der Waals surface area contributed by atoms with Crippen molar-refractivity contribution in [2.24, 2.45) is 0 Å². The Morgan fingerprint density at radius 3 is 2.43 bits per heavy atom. The maximum absolute atomic E-state index is 3.95. The Hall–Kier alpha value is -1.57. The largest absolute Gasteiger partial charge is 0.282 e. The number of benzene rings is 1. The fourth-order valence-corrected chi connectivity index (χ4v) is 1.70. The molecule has 0 bridgehead atoms. The second-order valence-corrected chi connectivity index (χ2v) is 3.63. The van der Waals surface area contributed by atoms with Gasteiger partial charge in [-0.2, -0.15) is 5.10 Å². The lowest BCUT2D eigenvalue weighted by Crippen LogP contribution is -1.95. The molecule has 0 aliphatic carbocycles. The zero-order valence-corrected chi connectivity index (χ0v) is 8.54. The quantitative estimate of drug-likeness (QED) is 0.767. The highest BCUT2D eigenvalue weighted by Crippen LogP contribution is 2.16. The molecular formula is C12H14N2. The van der Waals surface area contributed by atoms with Crippen LogP contribution >= 0.6 is 0 Å². The first-order valence-corrected chi connectivity index (χ1v) is 4.80. The van der Waals surface area contributed by atoms with Gasteiger partial charge in [0.15, 0.2) is 0 Å². The summed E-state index contributed by atoms with van der Waals surface area (Å²) in [5, 5.41) is 6.94. The van der Waals surface area contributed by atoms with Crippen molar-refractivity contribution in [1.82, 2.24) is 10.2 Å². The van der Waals surface area contributed by atoms with Crippen molar-refractivity contribution in [2.75, 3.05) is 0 Å². The summed E-state index contributed by atoms with van der Waals surface area (Å²) >= 11 is 0.